The van der Waals surface area contributed by atoms with Gasteiger partial charge in [-0.1, -0.05) is 67.5 Å². The molecule has 0 amide bonds. The van der Waals surface area contributed by atoms with E-state index in [0.29, 0.717) is 25.4 Å². The number of aliphatic hydroxyl groups excluding tert-OH is 1. The van der Waals surface area contributed by atoms with Gasteiger partial charge >= 0.3 is 0 Å². The van der Waals surface area contributed by atoms with Crippen LogP contribution in [0.4, 0.5) is 0 Å². The van der Waals surface area contributed by atoms with E-state index >= 15 is 0 Å². The normalized spacial score (nSPS) is 18.3. The molecule has 1 aromatic carbocycles. The van der Waals surface area contributed by atoms with Crippen molar-refractivity contribution in [2.45, 2.75) is 78.4 Å². The highest BCUT2D eigenvalue weighted by atomic mass is 16.7. The molecule has 0 saturated carbocycles. The van der Waals surface area contributed by atoms with Gasteiger partial charge in [0.2, 0.25) is 0 Å². The molecule has 148 valence electrons. The number of benzene rings is 1. The lowest BCUT2D eigenvalue weighted by atomic mass is 9.74. The van der Waals surface area contributed by atoms with Crippen LogP contribution < -0.4 is 0 Å². The SMILES string of the molecule is CC(C)(C)c1cc(CC(C)(C)C2(CO)OCCO2)cc(C(C)(C)C)c1O. The lowest BCUT2D eigenvalue weighted by Gasteiger charge is -2.41. The second-order valence-corrected chi connectivity index (χ2v) is 10.2. The standard InChI is InChI=1S/C22H36O4/c1-19(2,3)16-11-15(12-17(18(16)24)20(4,5)6)13-21(7,8)22(14-23)25-9-10-26-22/h11-12,23-24H,9-10,13-14H2,1-8H3. The lowest BCUT2D eigenvalue weighted by Crippen LogP contribution is -2.50. The Balaban J connectivity index is 2.52. The Morgan fingerprint density at radius 1 is 0.885 bits per heavy atom. The quantitative estimate of drug-likeness (QED) is 0.837. The summed E-state index contributed by atoms with van der Waals surface area (Å²) in [6.45, 7) is 17.6. The molecule has 0 bridgehead atoms. The monoisotopic (exact) mass is 364 g/mol. The molecule has 0 aliphatic carbocycles. The summed E-state index contributed by atoms with van der Waals surface area (Å²) in [5.41, 5.74) is 2.26. The van der Waals surface area contributed by atoms with E-state index in [9.17, 15) is 10.2 Å². The number of aromatic hydroxyl groups is 1. The highest BCUT2D eigenvalue weighted by Gasteiger charge is 2.50. The maximum atomic E-state index is 10.9. The van der Waals surface area contributed by atoms with Crippen molar-refractivity contribution in [2.24, 2.45) is 5.41 Å². The van der Waals surface area contributed by atoms with Gasteiger partial charge in [-0.15, -0.1) is 0 Å². The summed E-state index contributed by atoms with van der Waals surface area (Å²) in [7, 11) is 0. The molecular weight excluding hydrogens is 328 g/mol. The van der Waals surface area contributed by atoms with Crippen molar-refractivity contribution in [2.75, 3.05) is 19.8 Å². The van der Waals surface area contributed by atoms with Gasteiger partial charge in [0.1, 0.15) is 5.75 Å². The largest absolute Gasteiger partial charge is 0.507 e. The van der Waals surface area contributed by atoms with Gasteiger partial charge in [-0.05, 0) is 33.9 Å². The fourth-order valence-corrected chi connectivity index (χ4v) is 3.74. The Labute approximate surface area is 158 Å². The molecule has 1 aliphatic heterocycles. The molecule has 0 atom stereocenters. The Morgan fingerprint density at radius 3 is 1.65 bits per heavy atom. The summed E-state index contributed by atoms with van der Waals surface area (Å²) >= 11 is 0. The van der Waals surface area contributed by atoms with Crippen LogP contribution in [-0.4, -0.2) is 35.8 Å². The van der Waals surface area contributed by atoms with Crippen LogP contribution in [-0.2, 0) is 26.7 Å². The first kappa shape index (κ1) is 21.2. The Bertz CT molecular complexity index is 606. The second kappa shape index (κ2) is 6.81. The molecule has 1 heterocycles. The third-order valence-corrected chi connectivity index (χ3v) is 5.42. The molecule has 1 fully saturated rings. The van der Waals surface area contributed by atoms with E-state index in [1.54, 1.807) is 0 Å². The van der Waals surface area contributed by atoms with Crippen LogP contribution in [0.1, 0.15) is 72.1 Å². The van der Waals surface area contributed by atoms with Crippen LogP contribution in [0.5, 0.6) is 5.75 Å². The minimum Gasteiger partial charge on any atom is -0.507 e. The van der Waals surface area contributed by atoms with E-state index in [1.807, 2.05) is 0 Å². The average Bonchev–Trinajstić information content (AvgIpc) is 2.97. The molecule has 0 unspecified atom stereocenters. The van der Waals surface area contributed by atoms with Gasteiger partial charge in [-0.25, -0.2) is 0 Å². The molecule has 1 aromatic rings. The zero-order valence-corrected chi connectivity index (χ0v) is 17.7. The van der Waals surface area contributed by atoms with Gasteiger partial charge in [-0.2, -0.15) is 0 Å². The predicted molar refractivity (Wildman–Crippen MR) is 105 cm³/mol. The van der Waals surface area contributed by atoms with Crippen molar-refractivity contribution in [3.05, 3.63) is 28.8 Å². The van der Waals surface area contributed by atoms with Crippen molar-refractivity contribution >= 4 is 0 Å². The summed E-state index contributed by atoms with van der Waals surface area (Å²) in [6.07, 6.45) is 0.681. The fraction of sp³-hybridized carbons (Fsp3) is 0.727. The third-order valence-electron chi connectivity index (χ3n) is 5.42. The van der Waals surface area contributed by atoms with Crippen LogP contribution in [0.3, 0.4) is 0 Å². The van der Waals surface area contributed by atoms with Gasteiger partial charge in [-0.3, -0.25) is 0 Å². The fourth-order valence-electron chi connectivity index (χ4n) is 3.74. The van der Waals surface area contributed by atoms with Gasteiger partial charge in [0.05, 0.1) is 19.8 Å². The van der Waals surface area contributed by atoms with Crippen LogP contribution >= 0.6 is 0 Å². The Hall–Kier alpha value is -1.10. The van der Waals surface area contributed by atoms with Crippen LogP contribution in [0.25, 0.3) is 0 Å². The molecule has 2 rings (SSSR count). The Kier molecular flexibility index (Phi) is 5.55. The van der Waals surface area contributed by atoms with Gasteiger partial charge < -0.3 is 19.7 Å². The maximum Gasteiger partial charge on any atom is 0.197 e. The van der Waals surface area contributed by atoms with Crippen molar-refractivity contribution in [3.8, 4) is 5.75 Å². The van der Waals surface area contributed by atoms with Gasteiger partial charge in [0.25, 0.3) is 0 Å². The van der Waals surface area contributed by atoms with E-state index in [1.165, 1.54) is 0 Å². The summed E-state index contributed by atoms with van der Waals surface area (Å²) in [6, 6.07) is 4.18. The molecule has 0 radical (unpaired) electrons. The van der Waals surface area contributed by atoms with E-state index in [4.69, 9.17) is 9.47 Å². The third kappa shape index (κ3) is 3.92. The highest BCUT2D eigenvalue weighted by Crippen LogP contribution is 2.44. The zero-order chi connectivity index (χ0) is 20.0. The summed E-state index contributed by atoms with van der Waals surface area (Å²) in [5.74, 6) is -0.592. The minimum absolute atomic E-state index is 0.167. The molecule has 2 N–H and O–H groups in total. The predicted octanol–water partition coefficient (Wildman–Crippen LogP) is 4.29. The summed E-state index contributed by atoms with van der Waals surface area (Å²) in [5, 5.41) is 20.9. The molecule has 4 nitrogen and oxygen atoms in total. The number of aliphatic hydroxyl groups is 1. The Morgan fingerprint density at radius 2 is 1.31 bits per heavy atom. The average molecular weight is 365 g/mol. The number of phenols is 1. The number of phenolic OH excluding ortho intramolecular Hbond substituents is 1. The zero-order valence-electron chi connectivity index (χ0n) is 17.7. The number of hydrogen-bond donors (Lipinski definition) is 2. The van der Waals surface area contributed by atoms with E-state index in [-0.39, 0.29) is 17.4 Å². The van der Waals surface area contributed by atoms with Gasteiger partial charge in [0.15, 0.2) is 5.79 Å². The van der Waals surface area contributed by atoms with Gasteiger partial charge in [0, 0.05) is 5.41 Å². The minimum atomic E-state index is -0.978. The smallest absolute Gasteiger partial charge is 0.197 e. The number of rotatable bonds is 4. The van der Waals surface area contributed by atoms with Crippen molar-refractivity contribution in [1.29, 1.82) is 0 Å². The van der Waals surface area contributed by atoms with Crippen molar-refractivity contribution < 1.29 is 19.7 Å². The number of hydrogen-bond acceptors (Lipinski definition) is 4. The number of ether oxygens (including phenoxy) is 2. The molecule has 0 spiro atoms. The molecular formula is C22H36O4. The molecule has 26 heavy (non-hydrogen) atoms. The van der Waals surface area contributed by atoms with Crippen LogP contribution in [0.15, 0.2) is 12.1 Å². The first-order valence-electron chi connectivity index (χ1n) is 9.49. The molecule has 0 aromatic heterocycles. The molecule has 4 heteroatoms. The summed E-state index contributed by atoms with van der Waals surface area (Å²) in [4.78, 5) is 0. The molecule has 1 saturated heterocycles. The van der Waals surface area contributed by atoms with Crippen molar-refractivity contribution in [1.82, 2.24) is 0 Å². The van der Waals surface area contributed by atoms with Crippen LogP contribution in [0.2, 0.25) is 0 Å². The highest BCUT2D eigenvalue weighted by molar-refractivity contribution is 5.50. The molecule has 1 aliphatic rings. The summed E-state index contributed by atoms with van der Waals surface area (Å²) < 4.78 is 11.6. The topological polar surface area (TPSA) is 58.9 Å². The van der Waals surface area contributed by atoms with Crippen LogP contribution in [0, 0.1) is 5.41 Å². The first-order valence-corrected chi connectivity index (χ1v) is 9.49. The van der Waals surface area contributed by atoms with E-state index in [2.05, 4.69) is 67.5 Å². The maximum absolute atomic E-state index is 10.9. The first-order chi connectivity index (χ1) is 11.7. The lowest BCUT2D eigenvalue weighted by molar-refractivity contribution is -0.247. The van der Waals surface area contributed by atoms with E-state index in [0.717, 1.165) is 16.7 Å². The second-order valence-electron chi connectivity index (χ2n) is 10.2. The van der Waals surface area contributed by atoms with E-state index < -0.39 is 11.2 Å². The van der Waals surface area contributed by atoms with Crippen molar-refractivity contribution in [3.63, 3.8) is 0 Å².